The van der Waals surface area contributed by atoms with Gasteiger partial charge in [-0.2, -0.15) is 13.2 Å². The molecule has 0 aliphatic carbocycles. The fraction of sp³-hybridized carbons (Fsp3) is 0.250. The van der Waals surface area contributed by atoms with Crippen molar-refractivity contribution in [3.8, 4) is 0 Å². The minimum Gasteiger partial charge on any atom is -0.298 e. The van der Waals surface area contributed by atoms with E-state index in [2.05, 4.69) is 4.98 Å². The van der Waals surface area contributed by atoms with Gasteiger partial charge >= 0.3 is 6.18 Å². The van der Waals surface area contributed by atoms with Crippen LogP contribution in [-0.4, -0.2) is 15.3 Å². The van der Waals surface area contributed by atoms with E-state index in [9.17, 15) is 22.8 Å². The Kier molecular flexibility index (Phi) is 3.56. The van der Waals surface area contributed by atoms with Crippen LogP contribution in [-0.2, 0) is 17.5 Å². The summed E-state index contributed by atoms with van der Waals surface area (Å²) in [5.74, 6) is -0.359. The first-order valence-corrected chi connectivity index (χ1v) is 5.84. The molecule has 0 fully saturated rings. The molecule has 0 bridgehead atoms. The maximum atomic E-state index is 12.6. The number of aromatic nitrogens is 2. The molecule has 1 aromatic heterocycles. The van der Waals surface area contributed by atoms with Crippen molar-refractivity contribution in [2.75, 3.05) is 0 Å². The molecule has 0 amide bonds. The first kappa shape index (κ1) is 14.5. The lowest BCUT2D eigenvalue weighted by molar-refractivity contribution is -0.137. The number of rotatable bonds is 2. The highest BCUT2D eigenvalue weighted by molar-refractivity contribution is 6.28. The van der Waals surface area contributed by atoms with Gasteiger partial charge in [0.25, 0.3) is 5.56 Å². The second-order valence-electron chi connectivity index (χ2n) is 4.20. The lowest BCUT2D eigenvalue weighted by Gasteiger charge is -2.10. The highest BCUT2D eigenvalue weighted by atomic mass is 35.5. The highest BCUT2D eigenvalue weighted by Gasteiger charge is 2.31. The van der Waals surface area contributed by atoms with Crippen LogP contribution in [0.2, 0.25) is 5.28 Å². The number of nitrogens with zero attached hydrogens (tertiary/aromatic N) is 2. The average molecular weight is 305 g/mol. The number of halogens is 4. The van der Waals surface area contributed by atoms with Crippen LogP contribution in [0.15, 0.2) is 23.0 Å². The number of carbonyl (C=O) groups is 1. The normalized spacial score (nSPS) is 11.8. The third kappa shape index (κ3) is 2.67. The van der Waals surface area contributed by atoms with Crippen LogP contribution in [0.1, 0.15) is 12.5 Å². The van der Waals surface area contributed by atoms with Gasteiger partial charge in [-0.25, -0.2) is 4.98 Å². The van der Waals surface area contributed by atoms with E-state index in [1.807, 2.05) is 0 Å². The van der Waals surface area contributed by atoms with E-state index in [0.717, 1.165) is 16.7 Å². The van der Waals surface area contributed by atoms with Gasteiger partial charge in [-0.05, 0) is 36.7 Å². The lowest BCUT2D eigenvalue weighted by Crippen LogP contribution is -2.25. The van der Waals surface area contributed by atoms with E-state index >= 15 is 0 Å². The molecule has 8 heteroatoms. The molecule has 0 N–H and O–H groups in total. The van der Waals surface area contributed by atoms with Gasteiger partial charge in [-0.3, -0.25) is 14.2 Å². The molecule has 4 nitrogen and oxygen atoms in total. The van der Waals surface area contributed by atoms with Crippen LogP contribution in [0, 0.1) is 0 Å². The summed E-state index contributed by atoms with van der Waals surface area (Å²) in [5, 5.41) is -0.470. The van der Waals surface area contributed by atoms with Gasteiger partial charge < -0.3 is 0 Å². The zero-order valence-corrected chi connectivity index (χ0v) is 10.9. The van der Waals surface area contributed by atoms with Crippen molar-refractivity contribution in [3.63, 3.8) is 0 Å². The van der Waals surface area contributed by atoms with Crippen LogP contribution in [0.4, 0.5) is 13.2 Å². The predicted molar refractivity (Wildman–Crippen MR) is 66.7 cm³/mol. The van der Waals surface area contributed by atoms with Crippen molar-refractivity contribution < 1.29 is 18.0 Å². The maximum absolute atomic E-state index is 12.6. The molecule has 20 heavy (non-hydrogen) atoms. The Morgan fingerprint density at radius 2 is 2.05 bits per heavy atom. The van der Waals surface area contributed by atoms with Crippen molar-refractivity contribution in [1.82, 2.24) is 9.55 Å². The monoisotopic (exact) mass is 304 g/mol. The topological polar surface area (TPSA) is 52.0 Å². The Balaban J connectivity index is 2.74. The fourth-order valence-electron chi connectivity index (χ4n) is 1.73. The number of ketones is 1. The molecule has 0 aliphatic rings. The van der Waals surface area contributed by atoms with E-state index in [4.69, 9.17) is 11.6 Å². The minimum atomic E-state index is -4.56. The largest absolute Gasteiger partial charge is 0.416 e. The molecule has 0 aliphatic heterocycles. The summed E-state index contributed by atoms with van der Waals surface area (Å²) in [6, 6.07) is 2.60. The predicted octanol–water partition coefficient (Wildman–Crippen LogP) is 2.66. The first-order chi connectivity index (χ1) is 9.20. The van der Waals surface area contributed by atoms with Gasteiger partial charge in [0, 0.05) is 0 Å². The number of carbonyl (C=O) groups excluding carboxylic acids is 1. The van der Waals surface area contributed by atoms with Crippen molar-refractivity contribution in [1.29, 1.82) is 0 Å². The zero-order chi connectivity index (χ0) is 15.1. The molecule has 1 heterocycles. The van der Waals surface area contributed by atoms with Gasteiger partial charge in [-0.1, -0.05) is 0 Å². The SMILES string of the molecule is CC(=O)Cn1c(Cl)nc2ccc(C(F)(F)F)cc2c1=O. The molecule has 106 valence electrons. The van der Waals surface area contributed by atoms with Crippen molar-refractivity contribution in [2.45, 2.75) is 19.6 Å². The molecule has 0 saturated carbocycles. The summed E-state index contributed by atoms with van der Waals surface area (Å²) < 4.78 is 38.7. The Labute approximate surface area is 115 Å². The summed E-state index contributed by atoms with van der Waals surface area (Å²) in [6.07, 6.45) is -4.56. The van der Waals surface area contributed by atoms with Gasteiger partial charge in [0.05, 0.1) is 23.0 Å². The number of fused-ring (bicyclic) bond motifs is 1. The smallest absolute Gasteiger partial charge is 0.298 e. The molecule has 0 radical (unpaired) electrons. The molecule has 0 unspecified atom stereocenters. The van der Waals surface area contributed by atoms with Gasteiger partial charge in [-0.15, -0.1) is 0 Å². The first-order valence-electron chi connectivity index (χ1n) is 5.47. The number of alkyl halides is 3. The molecule has 2 rings (SSSR count). The highest BCUT2D eigenvalue weighted by Crippen LogP contribution is 2.30. The van der Waals surface area contributed by atoms with Gasteiger partial charge in [0.1, 0.15) is 5.78 Å². The van der Waals surface area contributed by atoms with Crippen molar-refractivity contribution in [3.05, 3.63) is 39.4 Å². The van der Waals surface area contributed by atoms with Crippen LogP contribution < -0.4 is 5.56 Å². The standard InChI is InChI=1S/C12H8ClF3N2O2/c1-6(19)5-18-10(20)8-4-7(12(14,15)16)2-3-9(8)17-11(18)13/h2-4H,5H2,1H3. The van der Waals surface area contributed by atoms with Crippen molar-refractivity contribution >= 4 is 28.3 Å². The maximum Gasteiger partial charge on any atom is 0.416 e. The van der Waals surface area contributed by atoms with Crippen molar-refractivity contribution in [2.24, 2.45) is 0 Å². The van der Waals surface area contributed by atoms with Crippen LogP contribution >= 0.6 is 11.6 Å². The van der Waals surface area contributed by atoms with E-state index < -0.39 is 17.3 Å². The van der Waals surface area contributed by atoms with E-state index in [1.165, 1.54) is 6.92 Å². The fourth-order valence-corrected chi connectivity index (χ4v) is 1.96. The quantitative estimate of drug-likeness (QED) is 0.802. The molecule has 0 spiro atoms. The van der Waals surface area contributed by atoms with Gasteiger partial charge in [0.2, 0.25) is 5.28 Å². The number of hydrogen-bond donors (Lipinski definition) is 0. The third-order valence-electron chi connectivity index (χ3n) is 2.62. The van der Waals surface area contributed by atoms with E-state index in [0.29, 0.717) is 6.07 Å². The summed E-state index contributed by atoms with van der Waals surface area (Å²) in [6.45, 7) is 0.899. The third-order valence-corrected chi connectivity index (χ3v) is 2.90. The van der Waals surface area contributed by atoms with Crippen LogP contribution in [0.25, 0.3) is 10.9 Å². The lowest BCUT2D eigenvalue weighted by atomic mass is 10.1. The Morgan fingerprint density at radius 3 is 2.60 bits per heavy atom. The molecule has 0 saturated heterocycles. The summed E-state index contributed by atoms with van der Waals surface area (Å²) in [7, 11) is 0. The minimum absolute atomic E-state index is 0.0489. The number of benzene rings is 1. The second kappa shape index (κ2) is 4.90. The molecular formula is C12H8ClF3N2O2. The van der Waals surface area contributed by atoms with Crippen LogP contribution in [0.3, 0.4) is 0 Å². The summed E-state index contributed by atoms with van der Waals surface area (Å²) in [5.41, 5.74) is -1.69. The Bertz CT molecular complexity index is 753. The Hall–Kier alpha value is -1.89. The molecule has 0 atom stereocenters. The van der Waals surface area contributed by atoms with Gasteiger partial charge in [0.15, 0.2) is 0 Å². The average Bonchev–Trinajstić information content (AvgIpc) is 2.32. The Morgan fingerprint density at radius 1 is 1.40 bits per heavy atom. The van der Waals surface area contributed by atoms with Crippen LogP contribution in [0.5, 0.6) is 0 Å². The number of Topliss-reactive ketones (excluding diaryl/α,β-unsaturated/α-hetero) is 1. The number of hydrogen-bond acceptors (Lipinski definition) is 3. The zero-order valence-electron chi connectivity index (χ0n) is 10.2. The molecule has 1 aromatic carbocycles. The van der Waals surface area contributed by atoms with E-state index in [1.54, 1.807) is 0 Å². The summed E-state index contributed by atoms with van der Waals surface area (Å²) >= 11 is 5.76. The molecular weight excluding hydrogens is 297 g/mol. The summed E-state index contributed by atoms with van der Waals surface area (Å²) in [4.78, 5) is 27.0. The molecule has 2 aromatic rings. The van der Waals surface area contributed by atoms with E-state index in [-0.39, 0.29) is 28.5 Å². The second-order valence-corrected chi connectivity index (χ2v) is 4.54.